The highest BCUT2D eigenvalue weighted by Crippen LogP contribution is 2.10. The van der Waals surface area contributed by atoms with Crippen molar-refractivity contribution in [1.82, 2.24) is 10.2 Å². The van der Waals surface area contributed by atoms with Gasteiger partial charge in [0.25, 0.3) is 0 Å². The van der Waals surface area contributed by atoms with Gasteiger partial charge in [0, 0.05) is 51.3 Å². The number of nitrogens with two attached hydrogens (primary N) is 1. The fraction of sp³-hybridized carbons (Fsp3) is 0.467. The summed E-state index contributed by atoms with van der Waals surface area (Å²) in [7, 11) is 0. The Balaban J connectivity index is 1.77. The quantitative estimate of drug-likeness (QED) is 0.727. The molecule has 1 heterocycles. The fourth-order valence-corrected chi connectivity index (χ4v) is 2.30. The average molecular weight is 290 g/mol. The summed E-state index contributed by atoms with van der Waals surface area (Å²) in [6, 6.07) is 7.54. The van der Waals surface area contributed by atoms with Crippen LogP contribution in [0.3, 0.4) is 0 Å². The van der Waals surface area contributed by atoms with E-state index in [0.29, 0.717) is 39.0 Å². The lowest BCUT2D eigenvalue weighted by molar-refractivity contribution is -0.120. The van der Waals surface area contributed by atoms with Crippen LogP contribution in [0.25, 0.3) is 0 Å². The number of rotatable bonds is 5. The molecule has 1 fully saturated rings. The van der Waals surface area contributed by atoms with Gasteiger partial charge in [-0.3, -0.25) is 9.59 Å². The lowest BCUT2D eigenvalue weighted by atomic mass is 10.2. The van der Waals surface area contributed by atoms with Crippen molar-refractivity contribution in [3.63, 3.8) is 0 Å². The van der Waals surface area contributed by atoms with Crippen LogP contribution in [0.15, 0.2) is 24.3 Å². The van der Waals surface area contributed by atoms with E-state index in [1.807, 2.05) is 24.3 Å². The molecule has 0 aliphatic carbocycles. The second-order valence-electron chi connectivity index (χ2n) is 5.14. The van der Waals surface area contributed by atoms with Gasteiger partial charge in [0.1, 0.15) is 0 Å². The third kappa shape index (κ3) is 5.17. The molecule has 1 aliphatic heterocycles. The van der Waals surface area contributed by atoms with Gasteiger partial charge in [0.05, 0.1) is 0 Å². The zero-order valence-electron chi connectivity index (χ0n) is 12.1. The van der Waals surface area contributed by atoms with Crippen molar-refractivity contribution in [3.8, 4) is 0 Å². The maximum Gasteiger partial charge on any atom is 0.225 e. The molecule has 0 unspecified atom stereocenters. The molecule has 6 nitrogen and oxygen atoms in total. The van der Waals surface area contributed by atoms with Crippen LogP contribution in [-0.2, 0) is 16.1 Å². The van der Waals surface area contributed by atoms with Crippen molar-refractivity contribution in [1.29, 1.82) is 0 Å². The van der Waals surface area contributed by atoms with Gasteiger partial charge in [-0.05, 0) is 17.7 Å². The lowest BCUT2D eigenvalue weighted by Gasteiger charge is -2.18. The van der Waals surface area contributed by atoms with Crippen molar-refractivity contribution < 1.29 is 9.59 Å². The molecule has 2 rings (SSSR count). The maximum atomic E-state index is 12.0. The Hall–Kier alpha value is -1.92. The number of carbonyl (C=O) groups excluding carboxylic acids is 2. The second kappa shape index (κ2) is 7.75. The van der Waals surface area contributed by atoms with E-state index in [1.165, 1.54) is 0 Å². The Bertz CT molecular complexity index is 504. The van der Waals surface area contributed by atoms with Gasteiger partial charge in [-0.25, -0.2) is 0 Å². The van der Waals surface area contributed by atoms with Crippen LogP contribution in [-0.4, -0.2) is 42.9 Å². The number of anilines is 1. The van der Waals surface area contributed by atoms with Crippen molar-refractivity contribution in [2.24, 2.45) is 5.73 Å². The van der Waals surface area contributed by atoms with Crippen molar-refractivity contribution in [2.75, 3.05) is 31.5 Å². The summed E-state index contributed by atoms with van der Waals surface area (Å²) in [5.74, 6) is 0.0632. The lowest BCUT2D eigenvalue weighted by Crippen LogP contribution is -2.31. The van der Waals surface area contributed by atoms with Gasteiger partial charge >= 0.3 is 0 Å². The Labute approximate surface area is 124 Å². The summed E-state index contributed by atoms with van der Waals surface area (Å²) in [5, 5.41) is 5.70. The van der Waals surface area contributed by atoms with E-state index >= 15 is 0 Å². The van der Waals surface area contributed by atoms with Gasteiger partial charge in [0.15, 0.2) is 0 Å². The number of benzene rings is 1. The normalized spacial score (nSPS) is 16.1. The predicted molar refractivity (Wildman–Crippen MR) is 81.6 cm³/mol. The number of hydrogen-bond acceptors (Lipinski definition) is 4. The number of hydrogen-bond donors (Lipinski definition) is 3. The smallest absolute Gasteiger partial charge is 0.225 e. The first kappa shape index (κ1) is 15.5. The minimum absolute atomic E-state index is 0.0206. The highest BCUT2D eigenvalue weighted by Gasteiger charge is 2.14. The third-order valence-corrected chi connectivity index (χ3v) is 3.51. The minimum Gasteiger partial charge on any atom is -0.355 e. The standard InChI is InChI=1S/C15H22N4O2/c16-11-12-2-1-3-13(10-12)18-15(21)5-8-19-7-4-14(20)17-6-9-19/h1-3,10H,4-9,11,16H2,(H,17,20)(H,18,21). The molecule has 1 aliphatic rings. The topological polar surface area (TPSA) is 87.5 Å². The van der Waals surface area contributed by atoms with E-state index in [0.717, 1.165) is 17.8 Å². The summed E-state index contributed by atoms with van der Waals surface area (Å²) >= 11 is 0. The molecular formula is C15H22N4O2. The van der Waals surface area contributed by atoms with E-state index in [4.69, 9.17) is 5.73 Å². The van der Waals surface area contributed by atoms with Crippen LogP contribution < -0.4 is 16.4 Å². The molecule has 0 atom stereocenters. The molecule has 0 saturated carbocycles. The van der Waals surface area contributed by atoms with Gasteiger partial charge < -0.3 is 21.3 Å². The van der Waals surface area contributed by atoms with Gasteiger partial charge in [0.2, 0.25) is 11.8 Å². The largest absolute Gasteiger partial charge is 0.355 e. The van der Waals surface area contributed by atoms with Crippen LogP contribution in [0, 0.1) is 0 Å². The number of carbonyl (C=O) groups is 2. The minimum atomic E-state index is -0.0206. The second-order valence-corrected chi connectivity index (χ2v) is 5.14. The predicted octanol–water partition coefficient (Wildman–Crippen LogP) is 0.296. The Kier molecular flexibility index (Phi) is 5.71. The molecule has 0 bridgehead atoms. The van der Waals surface area contributed by atoms with E-state index in [2.05, 4.69) is 15.5 Å². The summed E-state index contributed by atoms with van der Waals surface area (Å²) in [6.07, 6.45) is 0.918. The van der Waals surface area contributed by atoms with E-state index in [9.17, 15) is 9.59 Å². The summed E-state index contributed by atoms with van der Waals surface area (Å²) in [4.78, 5) is 25.3. The Morgan fingerprint density at radius 1 is 1.38 bits per heavy atom. The van der Waals surface area contributed by atoms with Crippen LogP contribution >= 0.6 is 0 Å². The van der Waals surface area contributed by atoms with Crippen molar-refractivity contribution in [3.05, 3.63) is 29.8 Å². The number of nitrogens with one attached hydrogen (secondary N) is 2. The Morgan fingerprint density at radius 3 is 3.05 bits per heavy atom. The van der Waals surface area contributed by atoms with Crippen molar-refractivity contribution >= 4 is 17.5 Å². The van der Waals surface area contributed by atoms with Crippen LogP contribution in [0.2, 0.25) is 0 Å². The maximum absolute atomic E-state index is 12.0. The van der Waals surface area contributed by atoms with Gasteiger partial charge in [-0.2, -0.15) is 0 Å². The molecule has 1 saturated heterocycles. The first-order chi connectivity index (χ1) is 10.2. The fourth-order valence-electron chi connectivity index (χ4n) is 2.30. The first-order valence-electron chi connectivity index (χ1n) is 7.25. The average Bonchev–Trinajstić information content (AvgIpc) is 2.70. The highest BCUT2D eigenvalue weighted by atomic mass is 16.2. The molecule has 1 aromatic rings. The molecule has 0 spiro atoms. The molecule has 2 amide bonds. The molecule has 0 radical (unpaired) electrons. The number of amides is 2. The van der Waals surface area contributed by atoms with Crippen LogP contribution in [0.1, 0.15) is 18.4 Å². The molecule has 21 heavy (non-hydrogen) atoms. The van der Waals surface area contributed by atoms with Gasteiger partial charge in [-0.1, -0.05) is 12.1 Å². The monoisotopic (exact) mass is 290 g/mol. The molecule has 1 aromatic carbocycles. The number of nitrogens with zero attached hydrogens (tertiary/aromatic N) is 1. The van der Waals surface area contributed by atoms with E-state index in [-0.39, 0.29) is 11.8 Å². The van der Waals surface area contributed by atoms with Gasteiger partial charge in [-0.15, -0.1) is 0 Å². The molecule has 0 aromatic heterocycles. The Morgan fingerprint density at radius 2 is 2.24 bits per heavy atom. The SMILES string of the molecule is NCc1cccc(NC(=O)CCN2CCNC(=O)CC2)c1. The summed E-state index contributed by atoms with van der Waals surface area (Å²) in [6.45, 7) is 3.28. The first-order valence-corrected chi connectivity index (χ1v) is 7.25. The highest BCUT2D eigenvalue weighted by molar-refractivity contribution is 5.90. The van der Waals surface area contributed by atoms with Crippen LogP contribution in [0.4, 0.5) is 5.69 Å². The van der Waals surface area contributed by atoms with E-state index < -0.39 is 0 Å². The molecule has 114 valence electrons. The molecular weight excluding hydrogens is 268 g/mol. The molecule has 6 heteroatoms. The third-order valence-electron chi connectivity index (χ3n) is 3.51. The summed E-state index contributed by atoms with van der Waals surface area (Å²) < 4.78 is 0. The van der Waals surface area contributed by atoms with Crippen LogP contribution in [0.5, 0.6) is 0 Å². The summed E-state index contributed by atoms with van der Waals surface area (Å²) in [5.41, 5.74) is 7.34. The zero-order valence-corrected chi connectivity index (χ0v) is 12.1. The van der Waals surface area contributed by atoms with Crippen molar-refractivity contribution in [2.45, 2.75) is 19.4 Å². The van der Waals surface area contributed by atoms with E-state index in [1.54, 1.807) is 0 Å². The molecule has 4 N–H and O–H groups in total. The zero-order chi connectivity index (χ0) is 15.1.